The molecule has 0 saturated heterocycles. The Labute approximate surface area is 110 Å². The fraction of sp³-hybridized carbons (Fsp3) is 0.0769. The maximum absolute atomic E-state index is 5.97. The molecule has 0 aliphatic rings. The lowest BCUT2D eigenvalue weighted by Crippen LogP contribution is -1.91. The SMILES string of the molecule is COc1cc(-c2cc(Cl)ccc2N)ccc1Cl. The second-order valence-corrected chi connectivity index (χ2v) is 4.42. The highest BCUT2D eigenvalue weighted by atomic mass is 35.5. The molecular weight excluding hydrogens is 257 g/mol. The van der Waals surface area contributed by atoms with Crippen molar-refractivity contribution in [2.24, 2.45) is 0 Å². The van der Waals surface area contributed by atoms with Gasteiger partial charge in [0.25, 0.3) is 0 Å². The normalized spacial score (nSPS) is 10.3. The van der Waals surface area contributed by atoms with Crippen LogP contribution in [-0.2, 0) is 0 Å². The lowest BCUT2D eigenvalue weighted by Gasteiger charge is -2.09. The molecule has 0 heterocycles. The van der Waals surface area contributed by atoms with Crippen molar-refractivity contribution in [3.63, 3.8) is 0 Å². The predicted octanol–water partition coefficient (Wildman–Crippen LogP) is 4.25. The highest BCUT2D eigenvalue weighted by Crippen LogP contribution is 2.34. The molecule has 2 aromatic carbocycles. The molecule has 0 saturated carbocycles. The van der Waals surface area contributed by atoms with Gasteiger partial charge in [0, 0.05) is 16.3 Å². The third-order valence-corrected chi connectivity index (χ3v) is 3.02. The van der Waals surface area contributed by atoms with Crippen LogP contribution in [-0.4, -0.2) is 7.11 Å². The minimum atomic E-state index is 0.567. The van der Waals surface area contributed by atoms with E-state index in [9.17, 15) is 0 Å². The van der Waals surface area contributed by atoms with Gasteiger partial charge < -0.3 is 10.5 Å². The summed E-state index contributed by atoms with van der Waals surface area (Å²) in [4.78, 5) is 0. The van der Waals surface area contributed by atoms with Crippen LogP contribution in [0.4, 0.5) is 5.69 Å². The van der Waals surface area contributed by atoms with Crippen LogP contribution in [0.1, 0.15) is 0 Å². The lowest BCUT2D eigenvalue weighted by molar-refractivity contribution is 0.415. The number of nitrogens with two attached hydrogens (primary N) is 1. The first-order valence-electron chi connectivity index (χ1n) is 5.01. The van der Waals surface area contributed by atoms with Gasteiger partial charge in [-0.3, -0.25) is 0 Å². The van der Waals surface area contributed by atoms with Crippen LogP contribution in [0.25, 0.3) is 11.1 Å². The Balaban J connectivity index is 2.56. The van der Waals surface area contributed by atoms with Gasteiger partial charge in [-0.2, -0.15) is 0 Å². The smallest absolute Gasteiger partial charge is 0.138 e. The molecule has 0 aliphatic heterocycles. The molecule has 2 nitrogen and oxygen atoms in total. The standard InChI is InChI=1S/C13H11Cl2NO/c1-17-13-6-8(2-4-11(13)15)10-7-9(14)3-5-12(10)16/h2-7H,16H2,1H3. The quantitative estimate of drug-likeness (QED) is 0.826. The molecule has 2 rings (SSSR count). The summed E-state index contributed by atoms with van der Waals surface area (Å²) in [5.41, 5.74) is 8.37. The highest BCUT2D eigenvalue weighted by molar-refractivity contribution is 6.32. The van der Waals surface area contributed by atoms with Crippen molar-refractivity contribution in [3.8, 4) is 16.9 Å². The Hall–Kier alpha value is -1.38. The van der Waals surface area contributed by atoms with Gasteiger partial charge in [0.1, 0.15) is 5.75 Å². The number of benzene rings is 2. The topological polar surface area (TPSA) is 35.2 Å². The van der Waals surface area contributed by atoms with Crippen molar-refractivity contribution in [1.29, 1.82) is 0 Å². The van der Waals surface area contributed by atoms with Crippen LogP contribution < -0.4 is 10.5 Å². The zero-order valence-electron chi connectivity index (χ0n) is 9.21. The summed E-state index contributed by atoms with van der Waals surface area (Å²) in [6.07, 6.45) is 0. The Morgan fingerprint density at radius 1 is 1.06 bits per heavy atom. The number of halogens is 2. The van der Waals surface area contributed by atoms with E-state index in [1.165, 1.54) is 0 Å². The molecule has 0 fully saturated rings. The minimum absolute atomic E-state index is 0.567. The van der Waals surface area contributed by atoms with E-state index in [4.69, 9.17) is 33.7 Å². The number of hydrogen-bond donors (Lipinski definition) is 1. The maximum atomic E-state index is 5.97. The highest BCUT2D eigenvalue weighted by Gasteiger charge is 2.07. The zero-order valence-corrected chi connectivity index (χ0v) is 10.7. The monoisotopic (exact) mass is 267 g/mol. The van der Waals surface area contributed by atoms with E-state index < -0.39 is 0 Å². The Kier molecular flexibility index (Phi) is 3.46. The average molecular weight is 268 g/mol. The first-order chi connectivity index (χ1) is 8.11. The molecule has 0 aliphatic carbocycles. The average Bonchev–Trinajstić information content (AvgIpc) is 2.33. The van der Waals surface area contributed by atoms with Gasteiger partial charge in [0.2, 0.25) is 0 Å². The zero-order chi connectivity index (χ0) is 12.4. The molecule has 2 N–H and O–H groups in total. The largest absolute Gasteiger partial charge is 0.495 e. The second kappa shape index (κ2) is 4.86. The molecule has 88 valence electrons. The number of nitrogen functional groups attached to an aromatic ring is 1. The van der Waals surface area contributed by atoms with Gasteiger partial charge in [0.15, 0.2) is 0 Å². The lowest BCUT2D eigenvalue weighted by atomic mass is 10.0. The number of hydrogen-bond acceptors (Lipinski definition) is 2. The second-order valence-electron chi connectivity index (χ2n) is 3.58. The molecule has 0 atom stereocenters. The van der Waals surface area contributed by atoms with Crippen molar-refractivity contribution in [3.05, 3.63) is 46.4 Å². The molecular formula is C13H11Cl2NO. The Morgan fingerprint density at radius 3 is 2.53 bits per heavy atom. The molecule has 2 aromatic rings. The van der Waals surface area contributed by atoms with Crippen molar-refractivity contribution < 1.29 is 4.74 Å². The third-order valence-electron chi connectivity index (χ3n) is 2.48. The van der Waals surface area contributed by atoms with E-state index in [2.05, 4.69) is 0 Å². The van der Waals surface area contributed by atoms with Crippen molar-refractivity contribution in [1.82, 2.24) is 0 Å². The van der Waals surface area contributed by atoms with Gasteiger partial charge in [-0.1, -0.05) is 29.3 Å². The Morgan fingerprint density at radius 2 is 1.82 bits per heavy atom. The summed E-state index contributed by atoms with van der Waals surface area (Å²) in [6, 6.07) is 10.8. The van der Waals surface area contributed by atoms with Gasteiger partial charge in [-0.15, -0.1) is 0 Å². The summed E-state index contributed by atoms with van der Waals surface area (Å²) >= 11 is 11.9. The number of ether oxygens (including phenoxy) is 1. The third kappa shape index (κ3) is 2.48. The summed E-state index contributed by atoms with van der Waals surface area (Å²) in [7, 11) is 1.58. The molecule has 0 spiro atoms. The van der Waals surface area contributed by atoms with Crippen molar-refractivity contribution in [2.45, 2.75) is 0 Å². The van der Waals surface area contributed by atoms with Crippen LogP contribution in [0.5, 0.6) is 5.75 Å². The van der Waals surface area contributed by atoms with E-state index in [0.717, 1.165) is 11.1 Å². The summed E-state index contributed by atoms with van der Waals surface area (Å²) in [6.45, 7) is 0. The molecule has 4 heteroatoms. The first-order valence-corrected chi connectivity index (χ1v) is 5.76. The van der Waals surface area contributed by atoms with E-state index in [1.807, 2.05) is 18.2 Å². The van der Waals surface area contributed by atoms with E-state index in [0.29, 0.717) is 21.5 Å². The molecule has 0 amide bonds. The summed E-state index contributed by atoms with van der Waals surface area (Å²) in [5.74, 6) is 0.614. The van der Waals surface area contributed by atoms with Gasteiger partial charge >= 0.3 is 0 Å². The fourth-order valence-corrected chi connectivity index (χ4v) is 1.97. The first kappa shape index (κ1) is 12.1. The minimum Gasteiger partial charge on any atom is -0.495 e. The van der Waals surface area contributed by atoms with E-state index >= 15 is 0 Å². The molecule has 0 unspecified atom stereocenters. The molecule has 0 radical (unpaired) electrons. The number of anilines is 1. The van der Waals surface area contributed by atoms with Gasteiger partial charge in [0.05, 0.1) is 12.1 Å². The maximum Gasteiger partial charge on any atom is 0.138 e. The molecule has 17 heavy (non-hydrogen) atoms. The van der Waals surface area contributed by atoms with Crippen LogP contribution >= 0.6 is 23.2 Å². The van der Waals surface area contributed by atoms with Crippen molar-refractivity contribution >= 4 is 28.9 Å². The number of methoxy groups -OCH3 is 1. The summed E-state index contributed by atoms with van der Waals surface area (Å²) in [5, 5.41) is 1.21. The van der Waals surface area contributed by atoms with Crippen LogP contribution in [0.2, 0.25) is 10.0 Å². The van der Waals surface area contributed by atoms with Crippen molar-refractivity contribution in [2.75, 3.05) is 12.8 Å². The van der Waals surface area contributed by atoms with Gasteiger partial charge in [-0.05, 0) is 35.9 Å². The molecule has 0 aromatic heterocycles. The van der Waals surface area contributed by atoms with Gasteiger partial charge in [-0.25, -0.2) is 0 Å². The van der Waals surface area contributed by atoms with Crippen LogP contribution in [0.15, 0.2) is 36.4 Å². The Bertz CT molecular complexity index is 555. The van der Waals surface area contributed by atoms with Crippen LogP contribution in [0.3, 0.4) is 0 Å². The van der Waals surface area contributed by atoms with E-state index in [-0.39, 0.29) is 0 Å². The fourth-order valence-electron chi connectivity index (χ4n) is 1.61. The predicted molar refractivity (Wildman–Crippen MR) is 72.9 cm³/mol. The van der Waals surface area contributed by atoms with E-state index in [1.54, 1.807) is 25.3 Å². The number of rotatable bonds is 2. The van der Waals surface area contributed by atoms with Crippen LogP contribution in [0, 0.1) is 0 Å². The summed E-state index contributed by atoms with van der Waals surface area (Å²) < 4.78 is 5.17. The molecule has 0 bridgehead atoms.